The molecule has 0 spiro atoms. The molecule has 4 heteroatoms. The topological polar surface area (TPSA) is 0 Å². The first kappa shape index (κ1) is 8.54. The molecule has 0 aliphatic heterocycles. The summed E-state index contributed by atoms with van der Waals surface area (Å²) >= 11 is 17.3. The van der Waals surface area contributed by atoms with Crippen molar-refractivity contribution >= 4 is 55.1 Å². The minimum atomic E-state index is -0.0648. The molecule has 0 N–H and O–H groups in total. The Balaban J connectivity index is 3.14. The highest BCUT2D eigenvalue weighted by Gasteiger charge is 2.09. The van der Waals surface area contributed by atoms with Gasteiger partial charge in [0.2, 0.25) is 0 Å². The van der Waals surface area contributed by atoms with E-state index >= 15 is 0 Å². The van der Waals surface area contributed by atoms with E-state index in [2.05, 4.69) is 31.9 Å². The van der Waals surface area contributed by atoms with Gasteiger partial charge in [-0.1, -0.05) is 31.9 Å². The Kier molecular flexibility index (Phi) is 5.39. The third-order valence-electron chi connectivity index (χ3n) is 0.421. The fraction of sp³-hybridized carbons (Fsp3) is 1.00. The third kappa shape index (κ3) is 4.07. The maximum Gasteiger partial charge on any atom is 0.102 e. The summed E-state index contributed by atoms with van der Waals surface area (Å²) in [7, 11) is 0. The summed E-state index contributed by atoms with van der Waals surface area (Å²) in [6.45, 7) is 0. The fourth-order valence-corrected chi connectivity index (χ4v) is 0.828. The van der Waals surface area contributed by atoms with Crippen molar-refractivity contribution in [3.05, 3.63) is 0 Å². The monoisotopic (exact) mass is 268 g/mol. The lowest BCUT2D eigenvalue weighted by Gasteiger charge is -2.02. The van der Waals surface area contributed by atoms with Crippen LogP contribution < -0.4 is 0 Å². The van der Waals surface area contributed by atoms with Gasteiger partial charge in [-0.3, -0.25) is 0 Å². The molecule has 0 aliphatic carbocycles. The van der Waals surface area contributed by atoms with Crippen LogP contribution in [0.5, 0.6) is 0 Å². The number of halogens is 4. The number of alkyl halides is 4. The molecular formula is C3H4Br2Cl2. The van der Waals surface area contributed by atoms with Gasteiger partial charge in [-0.2, -0.15) is 0 Å². The number of hydrogen-bond donors (Lipinski definition) is 0. The van der Waals surface area contributed by atoms with E-state index in [9.17, 15) is 0 Å². The van der Waals surface area contributed by atoms with Gasteiger partial charge in [-0.25, -0.2) is 0 Å². The zero-order chi connectivity index (χ0) is 5.86. The van der Waals surface area contributed by atoms with Crippen LogP contribution in [0.3, 0.4) is 0 Å². The van der Waals surface area contributed by atoms with Gasteiger partial charge in [0.15, 0.2) is 0 Å². The van der Waals surface area contributed by atoms with Crippen molar-refractivity contribution in [3.8, 4) is 0 Å². The molecule has 0 rings (SSSR count). The molecule has 0 radical (unpaired) electrons. The van der Waals surface area contributed by atoms with Gasteiger partial charge in [0.25, 0.3) is 0 Å². The lowest BCUT2D eigenvalue weighted by atomic mass is 10.6. The molecule has 0 aliphatic rings. The second-order valence-corrected chi connectivity index (χ2v) is 4.47. The van der Waals surface area contributed by atoms with E-state index < -0.39 is 0 Å². The largest absolute Gasteiger partial charge is 0.125 e. The van der Waals surface area contributed by atoms with Crippen molar-refractivity contribution in [2.24, 2.45) is 0 Å². The maximum atomic E-state index is 5.51. The molecule has 0 fully saturated rings. The molecular weight excluding hydrogens is 267 g/mol. The van der Waals surface area contributed by atoms with Crippen LogP contribution in [0, 0.1) is 0 Å². The number of hydrogen-bond acceptors (Lipinski definition) is 0. The summed E-state index contributed by atoms with van der Waals surface area (Å²) < 4.78 is -0.0648. The highest BCUT2D eigenvalue weighted by atomic mass is 79.9. The minimum absolute atomic E-state index is 0.0648. The van der Waals surface area contributed by atoms with Crippen molar-refractivity contribution in [2.75, 3.05) is 5.88 Å². The van der Waals surface area contributed by atoms with Crippen molar-refractivity contribution in [1.82, 2.24) is 0 Å². The normalized spacial score (nSPS) is 18.9. The quantitative estimate of drug-likeness (QED) is 0.677. The Bertz CT molecular complexity index is 48.2. The van der Waals surface area contributed by atoms with Crippen molar-refractivity contribution in [1.29, 1.82) is 0 Å². The maximum absolute atomic E-state index is 5.51. The summed E-state index contributed by atoms with van der Waals surface area (Å²) in [6.07, 6.45) is 0. The molecule has 0 heterocycles. The second-order valence-electron chi connectivity index (χ2n) is 1.00. The molecule has 2 atom stereocenters. The second kappa shape index (κ2) is 4.42. The van der Waals surface area contributed by atoms with E-state index in [0.29, 0.717) is 5.88 Å². The molecule has 0 saturated carbocycles. The zero-order valence-corrected chi connectivity index (χ0v) is 8.06. The first-order chi connectivity index (χ1) is 3.18. The molecule has 0 aromatic rings. The van der Waals surface area contributed by atoms with E-state index in [4.69, 9.17) is 23.2 Å². The summed E-state index contributed by atoms with van der Waals surface area (Å²) in [4.78, 5) is 0.163. The van der Waals surface area contributed by atoms with E-state index in [-0.39, 0.29) is 9.11 Å². The van der Waals surface area contributed by atoms with Crippen LogP contribution in [-0.2, 0) is 0 Å². The molecule has 0 nitrogen and oxygen atoms in total. The van der Waals surface area contributed by atoms with Gasteiger partial charge in [-0.15, -0.1) is 23.2 Å². The molecule has 0 aromatic carbocycles. The lowest BCUT2D eigenvalue weighted by Crippen LogP contribution is -2.07. The van der Waals surface area contributed by atoms with Crippen LogP contribution in [-0.4, -0.2) is 15.0 Å². The van der Waals surface area contributed by atoms with Gasteiger partial charge in [0, 0.05) is 5.88 Å². The van der Waals surface area contributed by atoms with Crippen LogP contribution in [0.25, 0.3) is 0 Å². The van der Waals surface area contributed by atoms with E-state index in [1.165, 1.54) is 0 Å². The molecule has 7 heavy (non-hydrogen) atoms. The minimum Gasteiger partial charge on any atom is -0.125 e. The summed E-state index contributed by atoms with van der Waals surface area (Å²) in [5.41, 5.74) is 0. The highest BCUT2D eigenvalue weighted by Crippen LogP contribution is 2.18. The van der Waals surface area contributed by atoms with E-state index in [0.717, 1.165) is 0 Å². The zero-order valence-electron chi connectivity index (χ0n) is 3.37. The fourth-order valence-electron chi connectivity index (χ4n) is 0.0673. The summed E-state index contributed by atoms with van der Waals surface area (Å²) in [6, 6.07) is 0. The van der Waals surface area contributed by atoms with Crippen LogP contribution in [0.1, 0.15) is 0 Å². The Labute approximate surface area is 69.8 Å². The van der Waals surface area contributed by atoms with Crippen molar-refractivity contribution in [3.63, 3.8) is 0 Å². The summed E-state index contributed by atoms with van der Waals surface area (Å²) in [5, 5.41) is 0. The smallest absolute Gasteiger partial charge is 0.102 e. The van der Waals surface area contributed by atoms with Gasteiger partial charge in [-0.05, 0) is 0 Å². The predicted molar refractivity (Wildman–Crippen MR) is 42.0 cm³/mol. The first-order valence-electron chi connectivity index (χ1n) is 1.66. The Morgan fingerprint density at radius 3 is 1.86 bits per heavy atom. The lowest BCUT2D eigenvalue weighted by molar-refractivity contribution is 1.12. The van der Waals surface area contributed by atoms with Crippen LogP contribution in [0.4, 0.5) is 0 Å². The average molecular weight is 271 g/mol. The Hall–Kier alpha value is 1.54. The Morgan fingerprint density at radius 1 is 1.43 bits per heavy atom. The van der Waals surface area contributed by atoms with Crippen molar-refractivity contribution in [2.45, 2.75) is 9.11 Å². The Morgan fingerprint density at radius 2 is 1.86 bits per heavy atom. The van der Waals surface area contributed by atoms with Crippen molar-refractivity contribution < 1.29 is 0 Å². The first-order valence-corrected chi connectivity index (χ1v) is 4.47. The van der Waals surface area contributed by atoms with E-state index in [1.54, 1.807) is 0 Å². The average Bonchev–Trinajstić information content (AvgIpc) is 1.65. The molecule has 0 bridgehead atoms. The molecule has 0 amide bonds. The summed E-state index contributed by atoms with van der Waals surface area (Å²) in [5.74, 6) is 0.527. The van der Waals surface area contributed by atoms with Gasteiger partial charge >= 0.3 is 0 Å². The predicted octanol–water partition coefficient (Wildman–Crippen LogP) is 2.95. The molecule has 0 aromatic heterocycles. The van der Waals surface area contributed by atoms with Gasteiger partial charge in [0.05, 0.1) is 4.83 Å². The van der Waals surface area contributed by atoms with Crippen LogP contribution in [0.2, 0.25) is 0 Å². The van der Waals surface area contributed by atoms with Gasteiger partial charge in [0.1, 0.15) is 4.29 Å². The SMILES string of the molecule is ClC[C@H](Br)[C@H](Cl)Br. The third-order valence-corrected chi connectivity index (χ3v) is 3.93. The van der Waals surface area contributed by atoms with Crippen LogP contribution >= 0.6 is 55.1 Å². The molecule has 44 valence electrons. The molecule has 0 unspecified atom stereocenters. The highest BCUT2D eigenvalue weighted by molar-refractivity contribution is 9.12. The van der Waals surface area contributed by atoms with E-state index in [1.807, 2.05) is 0 Å². The van der Waals surface area contributed by atoms with Gasteiger partial charge < -0.3 is 0 Å². The number of rotatable bonds is 2. The molecule has 0 saturated heterocycles. The standard InChI is InChI=1S/C3H4Br2Cl2/c4-2(1-6)3(5)7/h2-3H,1H2/t2-,3-/m0/s1. The van der Waals surface area contributed by atoms with Crippen LogP contribution in [0.15, 0.2) is 0 Å².